The number of nitrogens with one attached hydrogen (secondary N) is 1. The highest BCUT2D eigenvalue weighted by molar-refractivity contribution is 6.01. The molecule has 0 heterocycles. The molecule has 0 aliphatic heterocycles. The zero-order valence-electron chi connectivity index (χ0n) is 11.4. The number of benzene rings is 1. The Morgan fingerprint density at radius 1 is 1.47 bits per heavy atom. The molecule has 1 rings (SSSR count). The Hall–Kier alpha value is -2.01. The van der Waals surface area contributed by atoms with Gasteiger partial charge in [-0.2, -0.15) is 0 Å². The molecule has 0 atom stereocenters. The second-order valence-electron chi connectivity index (χ2n) is 4.19. The molecule has 1 aromatic rings. The lowest BCUT2D eigenvalue weighted by atomic mass is 10.1. The van der Waals surface area contributed by atoms with Gasteiger partial charge >= 0.3 is 0 Å². The molecule has 19 heavy (non-hydrogen) atoms. The first-order valence-electron chi connectivity index (χ1n) is 5.99. The number of hydrogen-bond donors (Lipinski definition) is 2. The molecule has 104 valence electrons. The summed E-state index contributed by atoms with van der Waals surface area (Å²) in [4.78, 5) is 12.0. The number of nitrogen functional groups attached to an aromatic ring is 1. The fourth-order valence-electron chi connectivity index (χ4n) is 1.53. The second kappa shape index (κ2) is 7.43. The minimum absolute atomic E-state index is 0.270. The molecule has 0 aliphatic carbocycles. The number of carbonyl (C=O) groups is 1. The molecule has 0 unspecified atom stereocenters. The predicted molar refractivity (Wildman–Crippen MR) is 75.4 cm³/mol. The van der Waals surface area contributed by atoms with Crippen molar-refractivity contribution in [2.75, 3.05) is 32.6 Å². The van der Waals surface area contributed by atoms with Gasteiger partial charge in [0.1, 0.15) is 11.3 Å². The highest BCUT2D eigenvalue weighted by Gasteiger charge is 2.14. The van der Waals surface area contributed by atoms with Crippen LogP contribution in [0.15, 0.2) is 30.4 Å². The molecule has 0 saturated carbocycles. The van der Waals surface area contributed by atoms with E-state index in [1.807, 2.05) is 6.92 Å². The number of methoxy groups -OCH3 is 1. The first-order chi connectivity index (χ1) is 9.06. The molecule has 3 N–H and O–H groups in total. The van der Waals surface area contributed by atoms with E-state index in [0.717, 1.165) is 5.57 Å². The van der Waals surface area contributed by atoms with E-state index in [0.29, 0.717) is 36.8 Å². The molecule has 1 aromatic carbocycles. The quantitative estimate of drug-likeness (QED) is 0.445. The Labute approximate surface area is 113 Å². The maximum Gasteiger partial charge on any atom is 0.257 e. The van der Waals surface area contributed by atoms with Crippen molar-refractivity contribution in [3.63, 3.8) is 0 Å². The number of rotatable bonds is 7. The van der Waals surface area contributed by atoms with E-state index in [1.54, 1.807) is 18.2 Å². The normalized spacial score (nSPS) is 10.0. The first-order valence-corrected chi connectivity index (χ1v) is 5.99. The molecule has 5 heteroatoms. The molecule has 1 amide bonds. The minimum Gasteiger partial charge on any atom is -0.496 e. The van der Waals surface area contributed by atoms with Crippen molar-refractivity contribution in [3.05, 3.63) is 35.9 Å². The van der Waals surface area contributed by atoms with Gasteiger partial charge in [-0.15, -0.1) is 0 Å². The highest BCUT2D eigenvalue weighted by atomic mass is 16.5. The van der Waals surface area contributed by atoms with Gasteiger partial charge in [0.15, 0.2) is 0 Å². The molecule has 5 nitrogen and oxygen atoms in total. The summed E-state index contributed by atoms with van der Waals surface area (Å²) in [6.45, 7) is 6.93. The Balaban J connectivity index is 2.52. The molecule has 0 aliphatic rings. The van der Waals surface area contributed by atoms with Crippen LogP contribution in [0.1, 0.15) is 17.3 Å². The third-order valence-electron chi connectivity index (χ3n) is 2.39. The summed E-state index contributed by atoms with van der Waals surface area (Å²) in [6.07, 6.45) is 0. The SMILES string of the molecule is C=C(C)COCCNC(=O)c1c(N)cccc1OC. The van der Waals surface area contributed by atoms with E-state index in [1.165, 1.54) is 7.11 Å². The predicted octanol–water partition coefficient (Wildman–Crippen LogP) is 1.60. The number of hydrogen-bond acceptors (Lipinski definition) is 4. The fourth-order valence-corrected chi connectivity index (χ4v) is 1.53. The molecular weight excluding hydrogens is 244 g/mol. The van der Waals surface area contributed by atoms with Crippen molar-refractivity contribution in [2.45, 2.75) is 6.92 Å². The summed E-state index contributed by atoms with van der Waals surface area (Å²) < 4.78 is 10.4. The van der Waals surface area contributed by atoms with Gasteiger partial charge in [-0.1, -0.05) is 18.2 Å². The smallest absolute Gasteiger partial charge is 0.257 e. The number of nitrogens with two attached hydrogens (primary N) is 1. The van der Waals surface area contributed by atoms with Crippen LogP contribution >= 0.6 is 0 Å². The van der Waals surface area contributed by atoms with Gasteiger partial charge in [0, 0.05) is 12.2 Å². The van der Waals surface area contributed by atoms with Gasteiger partial charge in [0.25, 0.3) is 5.91 Å². The van der Waals surface area contributed by atoms with E-state index < -0.39 is 0 Å². The van der Waals surface area contributed by atoms with Crippen molar-refractivity contribution >= 4 is 11.6 Å². The van der Waals surface area contributed by atoms with Gasteiger partial charge in [-0.05, 0) is 19.1 Å². The first kappa shape index (κ1) is 15.0. The number of carbonyl (C=O) groups excluding carboxylic acids is 1. The van der Waals surface area contributed by atoms with Crippen LogP contribution < -0.4 is 15.8 Å². The maximum atomic E-state index is 12.0. The number of amides is 1. The van der Waals surface area contributed by atoms with E-state index in [9.17, 15) is 4.79 Å². The monoisotopic (exact) mass is 264 g/mol. The van der Waals surface area contributed by atoms with Gasteiger partial charge < -0.3 is 20.5 Å². The van der Waals surface area contributed by atoms with Crippen molar-refractivity contribution in [3.8, 4) is 5.75 Å². The molecule has 0 saturated heterocycles. The van der Waals surface area contributed by atoms with Crippen LogP contribution in [0.25, 0.3) is 0 Å². The zero-order valence-corrected chi connectivity index (χ0v) is 11.4. The fraction of sp³-hybridized carbons (Fsp3) is 0.357. The van der Waals surface area contributed by atoms with E-state index in [4.69, 9.17) is 15.2 Å². The lowest BCUT2D eigenvalue weighted by Crippen LogP contribution is -2.28. The molecule has 0 radical (unpaired) electrons. The average Bonchev–Trinajstić information content (AvgIpc) is 2.37. The number of ether oxygens (including phenoxy) is 2. The van der Waals surface area contributed by atoms with Gasteiger partial charge in [-0.25, -0.2) is 0 Å². The van der Waals surface area contributed by atoms with Crippen molar-refractivity contribution in [1.29, 1.82) is 0 Å². The largest absolute Gasteiger partial charge is 0.496 e. The summed E-state index contributed by atoms with van der Waals surface area (Å²) in [6, 6.07) is 5.10. The van der Waals surface area contributed by atoms with Crippen LogP contribution in [0.4, 0.5) is 5.69 Å². The van der Waals surface area contributed by atoms with Crippen LogP contribution in [0, 0.1) is 0 Å². The molecule has 0 fully saturated rings. The Kier molecular flexibility index (Phi) is 5.89. The Morgan fingerprint density at radius 3 is 2.84 bits per heavy atom. The Morgan fingerprint density at radius 2 is 2.21 bits per heavy atom. The van der Waals surface area contributed by atoms with Crippen LogP contribution in [-0.4, -0.2) is 32.8 Å². The van der Waals surface area contributed by atoms with Gasteiger partial charge in [0.05, 0.1) is 20.3 Å². The van der Waals surface area contributed by atoms with Crippen molar-refractivity contribution in [2.24, 2.45) is 0 Å². The van der Waals surface area contributed by atoms with Crippen molar-refractivity contribution < 1.29 is 14.3 Å². The van der Waals surface area contributed by atoms with Gasteiger partial charge in [0.2, 0.25) is 0 Å². The topological polar surface area (TPSA) is 73.6 Å². The third-order valence-corrected chi connectivity index (χ3v) is 2.39. The summed E-state index contributed by atoms with van der Waals surface area (Å²) in [5.74, 6) is 0.189. The summed E-state index contributed by atoms with van der Waals surface area (Å²) in [5.41, 5.74) is 7.47. The van der Waals surface area contributed by atoms with E-state index >= 15 is 0 Å². The summed E-state index contributed by atoms with van der Waals surface area (Å²) >= 11 is 0. The molecule has 0 aromatic heterocycles. The molecule has 0 spiro atoms. The van der Waals surface area contributed by atoms with Crippen molar-refractivity contribution in [1.82, 2.24) is 5.32 Å². The average molecular weight is 264 g/mol. The van der Waals surface area contributed by atoms with Crippen LogP contribution in [0.3, 0.4) is 0 Å². The van der Waals surface area contributed by atoms with E-state index in [2.05, 4.69) is 11.9 Å². The lowest BCUT2D eigenvalue weighted by Gasteiger charge is -2.11. The van der Waals surface area contributed by atoms with E-state index in [-0.39, 0.29) is 5.91 Å². The van der Waals surface area contributed by atoms with Crippen LogP contribution in [0.2, 0.25) is 0 Å². The highest BCUT2D eigenvalue weighted by Crippen LogP contribution is 2.23. The van der Waals surface area contributed by atoms with Crippen LogP contribution in [-0.2, 0) is 4.74 Å². The maximum absolute atomic E-state index is 12.0. The third kappa shape index (κ3) is 4.63. The lowest BCUT2D eigenvalue weighted by molar-refractivity contribution is 0.0925. The molecule has 0 bridgehead atoms. The minimum atomic E-state index is -0.270. The second-order valence-corrected chi connectivity index (χ2v) is 4.19. The zero-order chi connectivity index (χ0) is 14.3. The van der Waals surface area contributed by atoms with Crippen LogP contribution in [0.5, 0.6) is 5.75 Å². The summed E-state index contributed by atoms with van der Waals surface area (Å²) in [5, 5.41) is 2.73. The standard InChI is InChI=1S/C14H20N2O3/c1-10(2)9-19-8-7-16-14(17)13-11(15)5-4-6-12(13)18-3/h4-6H,1,7-9,15H2,2-3H3,(H,16,17). The Bertz CT molecular complexity index is 458. The number of anilines is 1. The molecular formula is C14H20N2O3. The summed E-state index contributed by atoms with van der Waals surface area (Å²) in [7, 11) is 1.50. The van der Waals surface area contributed by atoms with Gasteiger partial charge in [-0.3, -0.25) is 4.79 Å².